The average molecular weight is 272 g/mol. The first-order chi connectivity index (χ1) is 9.92. The molecule has 3 aliphatic rings. The van der Waals surface area contributed by atoms with Crippen molar-refractivity contribution >= 4 is 5.82 Å². The van der Waals surface area contributed by atoms with Crippen molar-refractivity contribution in [3.05, 3.63) is 17.6 Å². The molecule has 2 atom stereocenters. The SMILES string of the molecule is c1nc2c(c(N3CCC4NCCCC4C3)n1)CCCC2. The van der Waals surface area contributed by atoms with E-state index in [0.717, 1.165) is 24.9 Å². The minimum atomic E-state index is 0.748. The van der Waals surface area contributed by atoms with E-state index in [0.29, 0.717) is 0 Å². The fraction of sp³-hybridized carbons (Fsp3) is 0.750. The Morgan fingerprint density at radius 3 is 3.05 bits per heavy atom. The fourth-order valence-corrected chi connectivity index (χ4v) is 4.21. The highest BCUT2D eigenvalue weighted by atomic mass is 15.2. The quantitative estimate of drug-likeness (QED) is 0.848. The van der Waals surface area contributed by atoms with E-state index in [1.807, 2.05) is 0 Å². The first-order valence-corrected chi connectivity index (χ1v) is 8.23. The van der Waals surface area contributed by atoms with E-state index in [-0.39, 0.29) is 0 Å². The lowest BCUT2D eigenvalue weighted by Gasteiger charge is -2.43. The van der Waals surface area contributed by atoms with Gasteiger partial charge >= 0.3 is 0 Å². The molecule has 2 aliphatic heterocycles. The van der Waals surface area contributed by atoms with Crippen molar-refractivity contribution in [3.8, 4) is 0 Å². The van der Waals surface area contributed by atoms with Crippen LogP contribution in [-0.2, 0) is 12.8 Å². The van der Waals surface area contributed by atoms with Crippen molar-refractivity contribution in [1.29, 1.82) is 0 Å². The lowest BCUT2D eigenvalue weighted by Crippen LogP contribution is -2.52. The normalized spacial score (nSPS) is 29.7. The molecule has 2 unspecified atom stereocenters. The molecule has 4 nitrogen and oxygen atoms in total. The van der Waals surface area contributed by atoms with Crippen LogP contribution in [-0.4, -0.2) is 35.6 Å². The summed E-state index contributed by atoms with van der Waals surface area (Å²) in [5.74, 6) is 2.06. The van der Waals surface area contributed by atoms with Crippen LogP contribution >= 0.6 is 0 Å². The van der Waals surface area contributed by atoms with E-state index in [2.05, 4.69) is 20.2 Å². The predicted octanol–water partition coefficient (Wildman–Crippen LogP) is 1.93. The second-order valence-electron chi connectivity index (χ2n) is 6.53. The Morgan fingerprint density at radius 2 is 2.05 bits per heavy atom. The third-order valence-electron chi connectivity index (χ3n) is 5.29. The van der Waals surface area contributed by atoms with Gasteiger partial charge in [-0.3, -0.25) is 0 Å². The van der Waals surface area contributed by atoms with Gasteiger partial charge in [-0.25, -0.2) is 9.97 Å². The topological polar surface area (TPSA) is 41.1 Å². The summed E-state index contributed by atoms with van der Waals surface area (Å²) in [5, 5.41) is 3.70. The number of nitrogens with zero attached hydrogens (tertiary/aromatic N) is 3. The molecule has 2 saturated heterocycles. The van der Waals surface area contributed by atoms with Gasteiger partial charge in [-0.1, -0.05) is 0 Å². The molecule has 0 radical (unpaired) electrons. The van der Waals surface area contributed by atoms with Crippen molar-refractivity contribution in [1.82, 2.24) is 15.3 Å². The summed E-state index contributed by atoms with van der Waals surface area (Å²) in [4.78, 5) is 11.7. The molecule has 1 N–H and O–H groups in total. The zero-order valence-corrected chi connectivity index (χ0v) is 12.1. The Morgan fingerprint density at radius 1 is 1.10 bits per heavy atom. The van der Waals surface area contributed by atoms with Crippen molar-refractivity contribution in [2.75, 3.05) is 24.5 Å². The highest BCUT2D eigenvalue weighted by Gasteiger charge is 2.32. The van der Waals surface area contributed by atoms with Gasteiger partial charge in [0.05, 0.1) is 0 Å². The van der Waals surface area contributed by atoms with Crippen molar-refractivity contribution in [2.24, 2.45) is 5.92 Å². The standard InChI is InChI=1S/C16H24N4/c1-2-6-15-13(5-1)16(19-11-18-15)20-9-7-14-12(10-20)4-3-8-17-14/h11-12,14,17H,1-10H2. The summed E-state index contributed by atoms with van der Waals surface area (Å²) < 4.78 is 0. The highest BCUT2D eigenvalue weighted by molar-refractivity contribution is 5.50. The summed E-state index contributed by atoms with van der Waals surface area (Å²) in [5.41, 5.74) is 2.76. The van der Waals surface area contributed by atoms with Gasteiger partial charge in [0.2, 0.25) is 0 Å². The monoisotopic (exact) mass is 272 g/mol. The predicted molar refractivity (Wildman–Crippen MR) is 80.0 cm³/mol. The summed E-state index contributed by atoms with van der Waals surface area (Å²) in [7, 11) is 0. The number of fused-ring (bicyclic) bond motifs is 2. The van der Waals surface area contributed by atoms with Crippen LogP contribution in [0.2, 0.25) is 0 Å². The average Bonchev–Trinajstić information content (AvgIpc) is 2.54. The highest BCUT2D eigenvalue weighted by Crippen LogP contribution is 2.32. The van der Waals surface area contributed by atoms with E-state index in [4.69, 9.17) is 0 Å². The number of anilines is 1. The Labute approximate surface area is 121 Å². The first-order valence-electron chi connectivity index (χ1n) is 8.23. The number of aromatic nitrogens is 2. The van der Waals surface area contributed by atoms with Crippen LogP contribution in [0.3, 0.4) is 0 Å². The Hall–Kier alpha value is -1.16. The second kappa shape index (κ2) is 5.32. The molecule has 1 aromatic rings. The molecule has 4 rings (SSSR count). The van der Waals surface area contributed by atoms with Gasteiger partial charge in [0, 0.05) is 30.4 Å². The van der Waals surface area contributed by atoms with E-state index in [1.165, 1.54) is 68.7 Å². The summed E-state index contributed by atoms with van der Waals surface area (Å²) in [6.07, 6.45) is 10.7. The number of rotatable bonds is 1. The fourth-order valence-electron chi connectivity index (χ4n) is 4.21. The summed E-state index contributed by atoms with van der Waals surface area (Å²) in [6.45, 7) is 3.54. The molecule has 2 fully saturated rings. The number of nitrogens with one attached hydrogen (secondary N) is 1. The van der Waals surface area contributed by atoms with Gasteiger partial charge in [0.25, 0.3) is 0 Å². The van der Waals surface area contributed by atoms with Crippen molar-refractivity contribution in [2.45, 2.75) is 51.0 Å². The van der Waals surface area contributed by atoms with E-state index >= 15 is 0 Å². The largest absolute Gasteiger partial charge is 0.356 e. The minimum Gasteiger partial charge on any atom is -0.356 e. The van der Waals surface area contributed by atoms with Gasteiger partial charge in [0.1, 0.15) is 12.1 Å². The molecule has 1 aliphatic carbocycles. The molecule has 0 amide bonds. The lowest BCUT2D eigenvalue weighted by atomic mass is 9.85. The molecule has 4 heteroatoms. The zero-order chi connectivity index (χ0) is 13.4. The van der Waals surface area contributed by atoms with Crippen LogP contribution in [0.1, 0.15) is 43.4 Å². The lowest BCUT2D eigenvalue weighted by molar-refractivity contribution is 0.243. The van der Waals surface area contributed by atoms with Crippen molar-refractivity contribution < 1.29 is 0 Å². The van der Waals surface area contributed by atoms with Gasteiger partial charge < -0.3 is 10.2 Å². The van der Waals surface area contributed by atoms with E-state index in [9.17, 15) is 0 Å². The minimum absolute atomic E-state index is 0.748. The molecule has 108 valence electrons. The third kappa shape index (κ3) is 2.20. The van der Waals surface area contributed by atoms with Gasteiger partial charge in [-0.15, -0.1) is 0 Å². The molecule has 20 heavy (non-hydrogen) atoms. The molecular formula is C16H24N4. The maximum Gasteiger partial charge on any atom is 0.135 e. The maximum absolute atomic E-state index is 4.65. The Bertz CT molecular complexity index is 487. The molecule has 0 bridgehead atoms. The number of hydrogen-bond acceptors (Lipinski definition) is 4. The summed E-state index contributed by atoms with van der Waals surface area (Å²) in [6, 6.07) is 0.748. The third-order valence-corrected chi connectivity index (χ3v) is 5.29. The van der Waals surface area contributed by atoms with Gasteiger partial charge in [0.15, 0.2) is 0 Å². The summed E-state index contributed by atoms with van der Waals surface area (Å²) >= 11 is 0. The molecule has 1 aromatic heterocycles. The number of hydrogen-bond donors (Lipinski definition) is 1. The van der Waals surface area contributed by atoms with Crippen LogP contribution in [0.4, 0.5) is 5.82 Å². The van der Waals surface area contributed by atoms with E-state index in [1.54, 1.807) is 6.33 Å². The van der Waals surface area contributed by atoms with Crippen molar-refractivity contribution in [3.63, 3.8) is 0 Å². The van der Waals surface area contributed by atoms with E-state index < -0.39 is 0 Å². The Kier molecular flexibility index (Phi) is 3.34. The molecular weight excluding hydrogens is 248 g/mol. The van der Waals surface area contributed by atoms with Crippen LogP contribution < -0.4 is 10.2 Å². The molecule has 3 heterocycles. The molecule has 0 aromatic carbocycles. The van der Waals surface area contributed by atoms with Crippen LogP contribution in [0.25, 0.3) is 0 Å². The number of piperidine rings is 2. The van der Waals surface area contributed by atoms with Crippen LogP contribution in [0.5, 0.6) is 0 Å². The smallest absolute Gasteiger partial charge is 0.135 e. The number of aryl methyl sites for hydroxylation is 1. The van der Waals surface area contributed by atoms with Crippen LogP contribution in [0.15, 0.2) is 6.33 Å². The Balaban J connectivity index is 1.58. The van der Waals surface area contributed by atoms with Gasteiger partial charge in [-0.05, 0) is 57.4 Å². The van der Waals surface area contributed by atoms with Gasteiger partial charge in [-0.2, -0.15) is 0 Å². The first kappa shape index (κ1) is 12.6. The van der Waals surface area contributed by atoms with Crippen LogP contribution in [0, 0.1) is 5.92 Å². The zero-order valence-electron chi connectivity index (χ0n) is 12.1. The second-order valence-corrected chi connectivity index (χ2v) is 6.53. The molecule has 0 saturated carbocycles. The maximum atomic E-state index is 4.65. The molecule has 0 spiro atoms.